The van der Waals surface area contributed by atoms with Crippen molar-refractivity contribution < 1.29 is 19.0 Å². The molecular formula is C25H24N2O5S. The predicted molar refractivity (Wildman–Crippen MR) is 126 cm³/mol. The van der Waals surface area contributed by atoms with Gasteiger partial charge in [0.15, 0.2) is 4.80 Å². The molecule has 8 heteroatoms. The van der Waals surface area contributed by atoms with Gasteiger partial charge in [-0.2, -0.15) is 0 Å². The Bertz CT molecular complexity index is 1400. The number of aromatic nitrogens is 1. The Kier molecular flexibility index (Phi) is 6.46. The third-order valence-electron chi connectivity index (χ3n) is 5.35. The molecule has 0 saturated carbocycles. The summed E-state index contributed by atoms with van der Waals surface area (Å²) in [6.07, 6.45) is 1.83. The highest BCUT2D eigenvalue weighted by Gasteiger charge is 2.35. The zero-order chi connectivity index (χ0) is 23.5. The van der Waals surface area contributed by atoms with E-state index >= 15 is 0 Å². The van der Waals surface area contributed by atoms with Crippen molar-refractivity contribution in [1.82, 2.24) is 4.57 Å². The van der Waals surface area contributed by atoms with E-state index in [1.165, 1.54) is 18.4 Å². The molecule has 1 aliphatic heterocycles. The molecule has 0 amide bonds. The first-order valence-corrected chi connectivity index (χ1v) is 11.3. The van der Waals surface area contributed by atoms with Crippen LogP contribution in [0.1, 0.15) is 31.0 Å². The Balaban J connectivity index is 2.00. The molecule has 170 valence electrons. The summed E-state index contributed by atoms with van der Waals surface area (Å²) in [5.74, 6) is 0.581. The Morgan fingerprint density at radius 3 is 2.58 bits per heavy atom. The van der Waals surface area contributed by atoms with Gasteiger partial charge in [0, 0.05) is 11.6 Å². The summed E-state index contributed by atoms with van der Waals surface area (Å²) in [5.41, 5.74) is 2.12. The molecule has 7 nitrogen and oxygen atoms in total. The molecule has 1 aliphatic rings. The molecule has 0 aliphatic carbocycles. The number of carbonyl (C=O) groups excluding carboxylic acids is 1. The Hall–Kier alpha value is -3.65. The largest absolute Gasteiger partial charge is 0.497 e. The van der Waals surface area contributed by atoms with Gasteiger partial charge in [-0.3, -0.25) is 9.36 Å². The molecule has 0 saturated heterocycles. The van der Waals surface area contributed by atoms with Crippen LogP contribution < -0.4 is 24.4 Å². The van der Waals surface area contributed by atoms with Crippen LogP contribution in [0, 0.1) is 0 Å². The van der Waals surface area contributed by atoms with Crippen LogP contribution in [-0.2, 0) is 9.53 Å². The molecule has 2 aromatic carbocycles. The second-order valence-corrected chi connectivity index (χ2v) is 8.33. The zero-order valence-corrected chi connectivity index (χ0v) is 19.6. The molecule has 0 radical (unpaired) electrons. The van der Waals surface area contributed by atoms with E-state index in [0.29, 0.717) is 37.7 Å². The first-order valence-electron chi connectivity index (χ1n) is 10.4. The van der Waals surface area contributed by atoms with Crippen molar-refractivity contribution in [2.45, 2.75) is 19.9 Å². The molecule has 0 N–H and O–H groups in total. The minimum Gasteiger partial charge on any atom is -0.497 e. The summed E-state index contributed by atoms with van der Waals surface area (Å²) in [6, 6.07) is 14.2. The van der Waals surface area contributed by atoms with Gasteiger partial charge < -0.3 is 14.2 Å². The number of rotatable bonds is 6. The maximum atomic E-state index is 13.6. The van der Waals surface area contributed by atoms with E-state index in [0.717, 1.165) is 5.56 Å². The minimum absolute atomic E-state index is 0.209. The second kappa shape index (κ2) is 9.46. The molecule has 3 aromatic rings. The fourth-order valence-corrected chi connectivity index (χ4v) is 4.88. The van der Waals surface area contributed by atoms with Crippen molar-refractivity contribution >= 4 is 23.4 Å². The third-order valence-corrected chi connectivity index (χ3v) is 6.33. The smallest absolute Gasteiger partial charge is 0.338 e. The molecule has 1 atom stereocenters. The fourth-order valence-electron chi connectivity index (χ4n) is 3.83. The number of allylic oxidation sites excluding steroid dienone is 1. The quantitative estimate of drug-likeness (QED) is 0.524. The monoisotopic (exact) mass is 464 g/mol. The average molecular weight is 465 g/mol. The van der Waals surface area contributed by atoms with Crippen molar-refractivity contribution in [3.63, 3.8) is 0 Å². The molecule has 4 rings (SSSR count). The van der Waals surface area contributed by atoms with Gasteiger partial charge in [0.05, 0.1) is 36.6 Å². The fraction of sp³-hybridized carbons (Fsp3) is 0.240. The lowest BCUT2D eigenvalue weighted by atomic mass is 9.95. The van der Waals surface area contributed by atoms with E-state index in [1.807, 2.05) is 36.4 Å². The molecule has 0 fully saturated rings. The number of methoxy groups -OCH3 is 2. The Morgan fingerprint density at radius 1 is 1.15 bits per heavy atom. The van der Waals surface area contributed by atoms with Gasteiger partial charge in [-0.15, -0.1) is 0 Å². The summed E-state index contributed by atoms with van der Waals surface area (Å²) >= 11 is 1.28. The highest BCUT2D eigenvalue weighted by atomic mass is 32.1. The number of thiazole rings is 1. The standard InChI is InChI=1S/C25H24N2O5S/c1-5-32-24(29)21-15(2)26-25-27(22(21)18-12-11-17(30-3)14-19(18)31-4)23(28)20(33-25)13-16-9-7-6-8-10-16/h6-14,22H,5H2,1-4H3/b20-13-/t22-/m1/s1. The maximum absolute atomic E-state index is 13.6. The van der Waals surface area contributed by atoms with Gasteiger partial charge in [0.1, 0.15) is 17.5 Å². The van der Waals surface area contributed by atoms with Crippen molar-refractivity contribution in [2.24, 2.45) is 4.99 Å². The maximum Gasteiger partial charge on any atom is 0.338 e. The number of carbonyl (C=O) groups is 1. The SMILES string of the molecule is CCOC(=O)C1=C(C)N=c2s/c(=C\c3ccccc3)c(=O)n2[C@@H]1c1ccc(OC)cc1OC. The van der Waals surface area contributed by atoms with Gasteiger partial charge in [-0.25, -0.2) is 9.79 Å². The average Bonchev–Trinajstić information content (AvgIpc) is 3.12. The first kappa shape index (κ1) is 22.5. The molecule has 0 unspecified atom stereocenters. The number of nitrogens with zero attached hydrogens (tertiary/aromatic N) is 2. The lowest BCUT2D eigenvalue weighted by molar-refractivity contribution is -0.139. The summed E-state index contributed by atoms with van der Waals surface area (Å²) in [7, 11) is 3.10. The van der Waals surface area contributed by atoms with Gasteiger partial charge in [0.25, 0.3) is 5.56 Å². The summed E-state index contributed by atoms with van der Waals surface area (Å²) in [5, 5.41) is 0. The molecule has 0 spiro atoms. The lowest BCUT2D eigenvalue weighted by Crippen LogP contribution is -2.40. The summed E-state index contributed by atoms with van der Waals surface area (Å²) < 4.78 is 18.3. The number of benzene rings is 2. The van der Waals surface area contributed by atoms with E-state index in [9.17, 15) is 9.59 Å². The molecule has 0 bridgehead atoms. The van der Waals surface area contributed by atoms with Gasteiger partial charge in [-0.1, -0.05) is 41.7 Å². The van der Waals surface area contributed by atoms with Crippen LogP contribution in [0.5, 0.6) is 11.5 Å². The molecule has 2 heterocycles. The zero-order valence-electron chi connectivity index (χ0n) is 18.8. The van der Waals surface area contributed by atoms with Crippen LogP contribution >= 0.6 is 11.3 Å². The Labute approximate surface area is 194 Å². The number of hydrogen-bond donors (Lipinski definition) is 0. The highest BCUT2D eigenvalue weighted by molar-refractivity contribution is 7.07. The molecule has 1 aromatic heterocycles. The number of fused-ring (bicyclic) bond motifs is 1. The summed E-state index contributed by atoms with van der Waals surface area (Å²) in [4.78, 5) is 31.7. The van der Waals surface area contributed by atoms with E-state index in [-0.39, 0.29) is 12.2 Å². The van der Waals surface area contributed by atoms with Crippen molar-refractivity contribution in [3.05, 3.63) is 90.6 Å². The van der Waals surface area contributed by atoms with Crippen LogP contribution in [0.2, 0.25) is 0 Å². The van der Waals surface area contributed by atoms with Gasteiger partial charge >= 0.3 is 5.97 Å². The highest BCUT2D eigenvalue weighted by Crippen LogP contribution is 2.37. The van der Waals surface area contributed by atoms with Gasteiger partial charge in [0.2, 0.25) is 0 Å². The van der Waals surface area contributed by atoms with Crippen molar-refractivity contribution in [1.29, 1.82) is 0 Å². The van der Waals surface area contributed by atoms with Crippen molar-refractivity contribution in [3.8, 4) is 11.5 Å². The second-order valence-electron chi connectivity index (χ2n) is 7.32. The number of esters is 1. The van der Waals surface area contributed by atoms with Crippen LogP contribution in [0.15, 0.2) is 69.6 Å². The number of hydrogen-bond acceptors (Lipinski definition) is 7. The van der Waals surface area contributed by atoms with Crippen LogP contribution in [0.3, 0.4) is 0 Å². The third kappa shape index (κ3) is 4.21. The van der Waals surface area contributed by atoms with Gasteiger partial charge in [-0.05, 0) is 37.6 Å². The van der Waals surface area contributed by atoms with E-state index < -0.39 is 12.0 Å². The lowest BCUT2D eigenvalue weighted by Gasteiger charge is -2.26. The predicted octanol–water partition coefficient (Wildman–Crippen LogP) is 2.82. The van der Waals surface area contributed by atoms with E-state index in [2.05, 4.69) is 4.99 Å². The van der Waals surface area contributed by atoms with E-state index in [4.69, 9.17) is 14.2 Å². The molecular weight excluding hydrogens is 440 g/mol. The van der Waals surface area contributed by atoms with Crippen molar-refractivity contribution in [2.75, 3.05) is 20.8 Å². The summed E-state index contributed by atoms with van der Waals surface area (Å²) in [6.45, 7) is 3.70. The van der Waals surface area contributed by atoms with E-state index in [1.54, 1.807) is 43.7 Å². The topological polar surface area (TPSA) is 79.1 Å². The normalized spacial score (nSPS) is 15.6. The first-order chi connectivity index (χ1) is 16.0. The van der Waals surface area contributed by atoms with Crippen LogP contribution in [-0.4, -0.2) is 31.4 Å². The Morgan fingerprint density at radius 2 is 1.91 bits per heavy atom. The van der Waals surface area contributed by atoms with Crippen LogP contribution in [0.4, 0.5) is 0 Å². The number of ether oxygens (including phenoxy) is 3. The molecule has 33 heavy (non-hydrogen) atoms. The van der Waals surface area contributed by atoms with Crippen LogP contribution in [0.25, 0.3) is 6.08 Å². The minimum atomic E-state index is -0.751.